The van der Waals surface area contributed by atoms with Crippen molar-refractivity contribution in [1.29, 1.82) is 0 Å². The van der Waals surface area contributed by atoms with Gasteiger partial charge in [-0.2, -0.15) is 0 Å². The first-order valence-electron chi connectivity index (χ1n) is 14.9. The Labute approximate surface area is 262 Å². The number of benzene rings is 6. The number of para-hydroxylation sites is 5. The van der Waals surface area contributed by atoms with Crippen LogP contribution in [-0.4, -0.2) is 17.1 Å². The van der Waals surface area contributed by atoms with E-state index < -0.39 is 0 Å². The van der Waals surface area contributed by atoms with Gasteiger partial charge in [-0.25, -0.2) is 9.97 Å². The maximum atomic E-state index is 6.28. The van der Waals surface area contributed by atoms with Crippen molar-refractivity contribution in [2.24, 2.45) is 0 Å². The van der Waals surface area contributed by atoms with Gasteiger partial charge >= 0.3 is 0 Å². The predicted octanol–water partition coefficient (Wildman–Crippen LogP) is 10.7. The van der Waals surface area contributed by atoms with E-state index in [1.165, 1.54) is 0 Å². The fourth-order valence-corrected chi connectivity index (χ4v) is 6.02. The summed E-state index contributed by atoms with van der Waals surface area (Å²) in [4.78, 5) is 11.5. The largest absolute Gasteiger partial charge is 0.495 e. The number of aromatic nitrogens is 2. The molecule has 0 spiro atoms. The molecule has 9 rings (SSSR count). The van der Waals surface area contributed by atoms with Gasteiger partial charge in [-0.1, -0.05) is 42.5 Å². The summed E-state index contributed by atoms with van der Waals surface area (Å²) < 4.78 is 24.4. The third-order valence-corrected chi connectivity index (χ3v) is 8.25. The van der Waals surface area contributed by atoms with Crippen LogP contribution in [0.4, 0.5) is 17.1 Å². The van der Waals surface area contributed by atoms with Gasteiger partial charge in [0.15, 0.2) is 11.2 Å². The van der Waals surface area contributed by atoms with E-state index in [9.17, 15) is 0 Å². The number of oxazole rings is 2. The van der Waals surface area contributed by atoms with Crippen molar-refractivity contribution in [3.63, 3.8) is 0 Å². The minimum absolute atomic E-state index is 0.531. The van der Waals surface area contributed by atoms with Crippen LogP contribution in [0.2, 0.25) is 0 Å². The molecule has 7 nitrogen and oxygen atoms in total. The first-order chi connectivity index (χ1) is 22.7. The van der Waals surface area contributed by atoms with Crippen LogP contribution >= 0.6 is 0 Å². The van der Waals surface area contributed by atoms with Gasteiger partial charge in [-0.15, -0.1) is 0 Å². The second kappa shape index (κ2) is 10.4. The van der Waals surface area contributed by atoms with E-state index in [-0.39, 0.29) is 0 Å². The highest BCUT2D eigenvalue weighted by molar-refractivity contribution is 6.06. The number of methoxy groups -OCH3 is 1. The molecule has 0 amide bonds. The molecule has 0 aliphatic carbocycles. The van der Waals surface area contributed by atoms with Crippen LogP contribution in [-0.2, 0) is 0 Å². The monoisotopic (exact) mass is 599 g/mol. The van der Waals surface area contributed by atoms with Crippen molar-refractivity contribution in [3.05, 3.63) is 133 Å². The summed E-state index contributed by atoms with van der Waals surface area (Å²) in [6, 6.07) is 44.0. The molecule has 0 unspecified atom stereocenters. The minimum Gasteiger partial charge on any atom is -0.495 e. The van der Waals surface area contributed by atoms with E-state index in [0.29, 0.717) is 17.5 Å². The van der Waals surface area contributed by atoms with E-state index in [2.05, 4.69) is 46.3 Å². The average Bonchev–Trinajstić information content (AvgIpc) is 3.84. The lowest BCUT2D eigenvalue weighted by Crippen LogP contribution is -2.11. The number of hydrogen-bond donors (Lipinski definition) is 0. The Morgan fingerprint density at radius 2 is 1.09 bits per heavy atom. The Morgan fingerprint density at radius 3 is 1.78 bits per heavy atom. The summed E-state index contributed by atoms with van der Waals surface area (Å²) in [5, 5.41) is 2.14. The summed E-state index contributed by atoms with van der Waals surface area (Å²) in [5.41, 5.74) is 9.14. The first-order valence-corrected chi connectivity index (χ1v) is 14.9. The van der Waals surface area contributed by atoms with E-state index in [0.717, 1.165) is 72.3 Å². The molecule has 0 N–H and O–H groups in total. The maximum absolute atomic E-state index is 6.28. The van der Waals surface area contributed by atoms with E-state index in [1.807, 2.05) is 97.1 Å². The molecule has 0 bridgehead atoms. The Balaban J connectivity index is 1.18. The third-order valence-electron chi connectivity index (χ3n) is 8.25. The average molecular weight is 600 g/mol. The molecule has 3 aromatic heterocycles. The van der Waals surface area contributed by atoms with Gasteiger partial charge in [-0.05, 0) is 84.9 Å². The summed E-state index contributed by atoms with van der Waals surface area (Å²) in [6.07, 6.45) is 0. The highest BCUT2D eigenvalue weighted by Crippen LogP contribution is 2.44. The molecular formula is C39H25N3O4. The number of fused-ring (bicyclic) bond motifs is 5. The van der Waals surface area contributed by atoms with Gasteiger partial charge in [0.05, 0.1) is 18.5 Å². The molecule has 7 heteroatoms. The zero-order valence-corrected chi connectivity index (χ0v) is 24.7. The highest BCUT2D eigenvalue weighted by Gasteiger charge is 2.21. The van der Waals surface area contributed by atoms with E-state index in [1.54, 1.807) is 7.11 Å². The van der Waals surface area contributed by atoms with Crippen LogP contribution in [0, 0.1) is 0 Å². The number of nitrogens with zero attached hydrogens (tertiary/aromatic N) is 3. The van der Waals surface area contributed by atoms with Gasteiger partial charge in [0, 0.05) is 33.7 Å². The predicted molar refractivity (Wildman–Crippen MR) is 181 cm³/mol. The molecule has 9 aromatic rings. The van der Waals surface area contributed by atoms with Crippen LogP contribution < -0.4 is 9.64 Å². The summed E-state index contributed by atoms with van der Waals surface area (Å²) >= 11 is 0. The smallest absolute Gasteiger partial charge is 0.227 e. The number of anilines is 3. The molecule has 0 saturated heterocycles. The first kappa shape index (κ1) is 26.1. The number of hydrogen-bond acceptors (Lipinski definition) is 7. The zero-order chi connectivity index (χ0) is 30.6. The second-order valence-corrected chi connectivity index (χ2v) is 11.0. The summed E-state index contributed by atoms with van der Waals surface area (Å²) in [6.45, 7) is 0. The molecule has 0 atom stereocenters. The van der Waals surface area contributed by atoms with Crippen molar-refractivity contribution in [2.45, 2.75) is 0 Å². The van der Waals surface area contributed by atoms with E-state index in [4.69, 9.17) is 23.0 Å². The Morgan fingerprint density at radius 1 is 0.500 bits per heavy atom. The highest BCUT2D eigenvalue weighted by atomic mass is 16.5. The third kappa shape index (κ3) is 4.29. The molecular weight excluding hydrogens is 574 g/mol. The lowest BCUT2D eigenvalue weighted by atomic mass is 10.1. The van der Waals surface area contributed by atoms with Gasteiger partial charge in [-0.3, -0.25) is 0 Å². The number of ether oxygens (including phenoxy) is 1. The van der Waals surface area contributed by atoms with Crippen LogP contribution in [0.1, 0.15) is 0 Å². The van der Waals surface area contributed by atoms with Gasteiger partial charge in [0.1, 0.15) is 27.9 Å². The SMILES string of the molecule is COc1cc(-c2nc3ccccc3o2)ccc1N(c1ccc(-c2nc3ccccc3o2)cc1)c1ccc2c(c1)oc1ccccc12. The molecule has 3 heterocycles. The molecule has 0 saturated carbocycles. The fourth-order valence-electron chi connectivity index (χ4n) is 6.02. The van der Waals surface area contributed by atoms with Crippen LogP contribution in [0.5, 0.6) is 5.75 Å². The molecule has 0 radical (unpaired) electrons. The molecule has 6 aromatic carbocycles. The van der Waals surface area contributed by atoms with Gasteiger partial charge in [0.25, 0.3) is 0 Å². The standard InChI is InChI=1S/C39H25N3O4/c1-43-37-22-25(39-41-31-10-4-7-13-35(31)46-39)16-21-32(37)42(27-19-20-29-28-8-2-5-11-33(28)44-36(29)23-27)26-17-14-24(15-18-26)38-40-30-9-3-6-12-34(30)45-38/h2-23H,1H3. The zero-order valence-electron chi connectivity index (χ0n) is 24.7. The van der Waals surface area contributed by atoms with Crippen LogP contribution in [0.3, 0.4) is 0 Å². The van der Waals surface area contributed by atoms with Crippen LogP contribution in [0.15, 0.2) is 147 Å². The van der Waals surface area contributed by atoms with Crippen molar-refractivity contribution >= 4 is 61.2 Å². The van der Waals surface area contributed by atoms with Gasteiger partial charge < -0.3 is 22.9 Å². The number of furan rings is 1. The number of rotatable bonds is 6. The minimum atomic E-state index is 0.531. The normalized spacial score (nSPS) is 11.6. The molecule has 0 fully saturated rings. The van der Waals surface area contributed by atoms with Crippen molar-refractivity contribution in [3.8, 4) is 28.7 Å². The molecule has 220 valence electrons. The quantitative estimate of drug-likeness (QED) is 0.188. The molecule has 0 aliphatic heterocycles. The molecule has 46 heavy (non-hydrogen) atoms. The topological polar surface area (TPSA) is 77.7 Å². The lowest BCUT2D eigenvalue weighted by Gasteiger charge is -2.27. The van der Waals surface area contributed by atoms with Gasteiger partial charge in [0.2, 0.25) is 11.8 Å². The Kier molecular flexibility index (Phi) is 5.89. The van der Waals surface area contributed by atoms with Crippen LogP contribution in [0.25, 0.3) is 67.0 Å². The fraction of sp³-hybridized carbons (Fsp3) is 0.0256. The Hall–Kier alpha value is -6.34. The lowest BCUT2D eigenvalue weighted by molar-refractivity contribution is 0.416. The van der Waals surface area contributed by atoms with Crippen molar-refractivity contribution in [1.82, 2.24) is 9.97 Å². The summed E-state index contributed by atoms with van der Waals surface area (Å²) in [7, 11) is 1.67. The summed E-state index contributed by atoms with van der Waals surface area (Å²) in [5.74, 6) is 1.76. The van der Waals surface area contributed by atoms with Crippen molar-refractivity contribution in [2.75, 3.05) is 12.0 Å². The maximum Gasteiger partial charge on any atom is 0.227 e. The van der Waals surface area contributed by atoms with E-state index >= 15 is 0 Å². The Bertz CT molecular complexity index is 2480. The second-order valence-electron chi connectivity index (χ2n) is 11.0. The molecule has 0 aliphatic rings. The van der Waals surface area contributed by atoms with Crippen molar-refractivity contribution < 1.29 is 18.0 Å².